The summed E-state index contributed by atoms with van der Waals surface area (Å²) in [6.07, 6.45) is 0.859. The van der Waals surface area contributed by atoms with E-state index in [1.807, 2.05) is 0 Å². The number of carbonyl (C=O) groups is 2. The average Bonchev–Trinajstić information content (AvgIpc) is 2.77. The van der Waals surface area contributed by atoms with Crippen LogP contribution in [0.25, 0.3) is 0 Å². The van der Waals surface area contributed by atoms with E-state index in [2.05, 4.69) is 14.8 Å². The van der Waals surface area contributed by atoms with Crippen LogP contribution in [-0.4, -0.2) is 52.8 Å². The molecule has 0 radical (unpaired) electrons. The minimum absolute atomic E-state index is 0.0388. The molecule has 0 heterocycles. The van der Waals surface area contributed by atoms with Crippen molar-refractivity contribution in [3.05, 3.63) is 66.4 Å². The van der Waals surface area contributed by atoms with Crippen molar-refractivity contribution in [1.82, 2.24) is 0 Å². The van der Waals surface area contributed by atoms with Crippen LogP contribution in [0.3, 0.4) is 0 Å². The van der Waals surface area contributed by atoms with Gasteiger partial charge in [0, 0.05) is 0 Å². The van der Waals surface area contributed by atoms with Crippen LogP contribution in [0.1, 0.15) is 0 Å². The first kappa shape index (κ1) is 22.9. The van der Waals surface area contributed by atoms with Crippen molar-refractivity contribution in [3.8, 4) is 0 Å². The second-order valence-corrected chi connectivity index (χ2v) is 7.66. The molecule has 160 valence electrons. The first-order valence-electron chi connectivity index (χ1n) is 8.77. The Morgan fingerprint density at radius 2 is 1.67 bits per heavy atom. The van der Waals surface area contributed by atoms with Gasteiger partial charge in [0.25, 0.3) is 10.0 Å². The van der Waals surface area contributed by atoms with Crippen LogP contribution in [0, 0.1) is 0 Å². The number of para-hydroxylation sites is 2. The number of aliphatic hydroxyl groups is 1. The fraction of sp³-hybridized carbons (Fsp3) is 0.200. The van der Waals surface area contributed by atoms with E-state index < -0.39 is 28.6 Å². The van der Waals surface area contributed by atoms with Gasteiger partial charge in [0.2, 0.25) is 0 Å². The van der Waals surface area contributed by atoms with Gasteiger partial charge in [-0.25, -0.2) is 18.0 Å². The highest BCUT2D eigenvalue weighted by Crippen LogP contribution is 2.29. The number of anilines is 2. The van der Waals surface area contributed by atoms with Crippen LogP contribution in [0.2, 0.25) is 0 Å². The number of esters is 2. The van der Waals surface area contributed by atoms with Gasteiger partial charge in [0.05, 0.1) is 44.8 Å². The zero-order valence-electron chi connectivity index (χ0n) is 16.4. The van der Waals surface area contributed by atoms with E-state index in [1.165, 1.54) is 18.2 Å². The van der Waals surface area contributed by atoms with Gasteiger partial charge < -0.3 is 19.9 Å². The molecule has 0 aliphatic rings. The summed E-state index contributed by atoms with van der Waals surface area (Å²) in [6, 6.07) is 14.1. The van der Waals surface area contributed by atoms with E-state index in [4.69, 9.17) is 0 Å². The van der Waals surface area contributed by atoms with Crippen molar-refractivity contribution in [2.45, 2.75) is 4.90 Å². The molecule has 9 nitrogen and oxygen atoms in total. The van der Waals surface area contributed by atoms with Crippen molar-refractivity contribution in [3.63, 3.8) is 0 Å². The Bertz CT molecular complexity index is 1020. The lowest BCUT2D eigenvalue weighted by atomic mass is 10.3. The summed E-state index contributed by atoms with van der Waals surface area (Å²) in [4.78, 5) is 23.5. The number of nitrogens with one attached hydrogen (secondary N) is 1. The first-order valence-corrected chi connectivity index (χ1v) is 10.2. The van der Waals surface area contributed by atoms with Gasteiger partial charge in [-0.05, 0) is 24.3 Å². The summed E-state index contributed by atoms with van der Waals surface area (Å²) < 4.78 is 37.0. The van der Waals surface area contributed by atoms with E-state index in [9.17, 15) is 23.1 Å². The average molecular weight is 434 g/mol. The molecule has 0 bridgehead atoms. The molecule has 0 atom stereocenters. The molecule has 0 saturated carbocycles. The second kappa shape index (κ2) is 10.4. The molecule has 0 spiro atoms. The minimum Gasteiger partial charge on any atom is -0.466 e. The fourth-order valence-electron chi connectivity index (χ4n) is 2.56. The quantitative estimate of drug-likeness (QED) is 0.450. The van der Waals surface area contributed by atoms with Gasteiger partial charge in [0.1, 0.15) is 10.6 Å². The summed E-state index contributed by atoms with van der Waals surface area (Å²) in [7, 11) is -1.88. The molecule has 0 saturated heterocycles. The number of methoxy groups -OCH3 is 2. The Hall–Kier alpha value is -3.37. The number of aliphatic hydroxyl groups excluding tert-OH is 1. The normalized spacial score (nSPS) is 11.5. The Labute approximate surface area is 174 Å². The molecule has 0 aliphatic carbocycles. The van der Waals surface area contributed by atoms with E-state index in [0.29, 0.717) is 5.69 Å². The number of nitrogens with zero attached hydrogens (tertiary/aromatic N) is 1. The van der Waals surface area contributed by atoms with Gasteiger partial charge in [0.15, 0.2) is 0 Å². The maximum atomic E-state index is 13.4. The Morgan fingerprint density at radius 3 is 2.27 bits per heavy atom. The first-order chi connectivity index (χ1) is 14.3. The van der Waals surface area contributed by atoms with Gasteiger partial charge in [-0.15, -0.1) is 0 Å². The topological polar surface area (TPSA) is 122 Å². The predicted molar refractivity (Wildman–Crippen MR) is 110 cm³/mol. The molecule has 0 aliphatic heterocycles. The minimum atomic E-state index is -4.14. The zero-order chi connectivity index (χ0) is 22.1. The molecular formula is C20H22N2O7S. The van der Waals surface area contributed by atoms with E-state index in [-0.39, 0.29) is 22.8 Å². The monoisotopic (exact) mass is 434 g/mol. The SMILES string of the molecule is COC(=O)/C=C(/Nc1ccccc1S(=O)(=O)N(CCO)c1ccccc1)C(=O)OC. The molecule has 2 aromatic carbocycles. The number of sulfonamides is 1. The van der Waals surface area contributed by atoms with E-state index >= 15 is 0 Å². The lowest BCUT2D eigenvalue weighted by molar-refractivity contribution is -0.138. The standard InChI is InChI=1S/C20H22N2O7S/c1-28-19(24)14-17(20(25)29-2)21-16-10-6-7-11-18(16)30(26,27)22(12-13-23)15-8-4-3-5-9-15/h3-11,14,21,23H,12-13H2,1-2H3/b17-14+. The third-order valence-corrected chi connectivity index (χ3v) is 5.83. The summed E-state index contributed by atoms with van der Waals surface area (Å²) in [5, 5.41) is 12.0. The summed E-state index contributed by atoms with van der Waals surface area (Å²) in [6.45, 7) is -0.581. The number of hydrogen-bond donors (Lipinski definition) is 2. The highest BCUT2D eigenvalue weighted by molar-refractivity contribution is 7.93. The molecule has 0 unspecified atom stereocenters. The van der Waals surface area contributed by atoms with Crippen LogP contribution in [0.4, 0.5) is 11.4 Å². The van der Waals surface area contributed by atoms with Crippen LogP contribution in [0.15, 0.2) is 71.3 Å². The van der Waals surface area contributed by atoms with Crippen molar-refractivity contribution in [2.24, 2.45) is 0 Å². The molecule has 10 heteroatoms. The van der Waals surface area contributed by atoms with Crippen LogP contribution < -0.4 is 9.62 Å². The van der Waals surface area contributed by atoms with E-state index in [1.54, 1.807) is 36.4 Å². The lowest BCUT2D eigenvalue weighted by Gasteiger charge is -2.25. The van der Waals surface area contributed by atoms with Crippen LogP contribution in [-0.2, 0) is 29.1 Å². The summed E-state index contributed by atoms with van der Waals surface area (Å²) >= 11 is 0. The maximum absolute atomic E-state index is 13.4. The highest BCUT2D eigenvalue weighted by atomic mass is 32.2. The van der Waals surface area contributed by atoms with Crippen molar-refractivity contribution < 1.29 is 32.6 Å². The largest absolute Gasteiger partial charge is 0.466 e. The molecule has 2 aromatic rings. The third kappa shape index (κ3) is 5.37. The number of rotatable bonds is 9. The maximum Gasteiger partial charge on any atom is 0.354 e. The molecule has 0 aromatic heterocycles. The fourth-order valence-corrected chi connectivity index (χ4v) is 4.17. The van der Waals surface area contributed by atoms with Crippen LogP contribution in [0.5, 0.6) is 0 Å². The zero-order valence-corrected chi connectivity index (χ0v) is 17.3. The number of carbonyl (C=O) groups excluding carboxylic acids is 2. The Morgan fingerprint density at radius 1 is 1.03 bits per heavy atom. The number of benzene rings is 2. The Kier molecular flexibility index (Phi) is 7.96. The second-order valence-electron chi connectivity index (χ2n) is 5.83. The Balaban J connectivity index is 2.54. The van der Waals surface area contributed by atoms with Gasteiger partial charge in [-0.3, -0.25) is 4.31 Å². The predicted octanol–water partition coefficient (Wildman–Crippen LogP) is 1.52. The van der Waals surface area contributed by atoms with Crippen molar-refractivity contribution in [2.75, 3.05) is 37.0 Å². The smallest absolute Gasteiger partial charge is 0.354 e. The van der Waals surface area contributed by atoms with Gasteiger partial charge in [-0.2, -0.15) is 0 Å². The number of ether oxygens (including phenoxy) is 2. The van der Waals surface area contributed by atoms with Crippen LogP contribution >= 0.6 is 0 Å². The van der Waals surface area contributed by atoms with E-state index in [0.717, 1.165) is 24.6 Å². The molecule has 0 amide bonds. The molecule has 2 N–H and O–H groups in total. The molecule has 0 fully saturated rings. The lowest BCUT2D eigenvalue weighted by Crippen LogP contribution is -2.34. The summed E-state index contributed by atoms with van der Waals surface area (Å²) in [5.74, 6) is -1.71. The van der Waals surface area contributed by atoms with Gasteiger partial charge >= 0.3 is 11.9 Å². The van der Waals surface area contributed by atoms with Gasteiger partial charge in [-0.1, -0.05) is 30.3 Å². The highest BCUT2D eigenvalue weighted by Gasteiger charge is 2.28. The molecular weight excluding hydrogens is 412 g/mol. The number of hydrogen-bond acceptors (Lipinski definition) is 8. The molecule has 30 heavy (non-hydrogen) atoms. The van der Waals surface area contributed by atoms with Crippen molar-refractivity contribution >= 4 is 33.3 Å². The molecule has 2 rings (SSSR count). The third-order valence-electron chi connectivity index (χ3n) is 3.94. The van der Waals surface area contributed by atoms with Crippen molar-refractivity contribution in [1.29, 1.82) is 0 Å². The summed E-state index contributed by atoms with van der Waals surface area (Å²) in [5.41, 5.74) is 0.0944.